The Morgan fingerprint density at radius 3 is 2.22 bits per heavy atom. The number of aliphatic hydroxyl groups excluding tert-OH is 1. The van der Waals surface area contributed by atoms with Gasteiger partial charge in [0, 0.05) is 44.0 Å². The van der Waals surface area contributed by atoms with Gasteiger partial charge in [0.25, 0.3) is 5.69 Å². The Balaban J connectivity index is 1.61. The lowest BCUT2D eigenvalue weighted by Crippen LogP contribution is -2.56. The zero-order chi connectivity index (χ0) is 23.3. The standard InChI is InChI=1S/C20H24N4O7S/c1-31-17-6-8-18(9-7-17)32(29,30)21-19(14-25)20(26)23-12-10-22(11-13-23)15-2-4-16(5-3-15)24(27)28/h2-9,19,21,25H,10-14H2,1H3. The molecule has 172 valence electrons. The van der Waals surface area contributed by atoms with E-state index in [1.54, 1.807) is 12.1 Å². The van der Waals surface area contributed by atoms with Crippen LogP contribution >= 0.6 is 0 Å². The number of non-ortho nitro benzene ring substituents is 1. The van der Waals surface area contributed by atoms with E-state index in [1.165, 1.54) is 48.4 Å². The number of carbonyl (C=O) groups excluding carboxylic acids is 1. The summed E-state index contributed by atoms with van der Waals surface area (Å²) in [5.41, 5.74) is 0.791. The van der Waals surface area contributed by atoms with Gasteiger partial charge in [-0.25, -0.2) is 8.42 Å². The van der Waals surface area contributed by atoms with E-state index < -0.39 is 33.5 Å². The highest BCUT2D eigenvalue weighted by molar-refractivity contribution is 7.89. The number of ether oxygens (including phenoxy) is 1. The van der Waals surface area contributed by atoms with E-state index in [1.807, 2.05) is 4.90 Å². The third kappa shape index (κ3) is 5.33. The van der Waals surface area contributed by atoms with Gasteiger partial charge in [0.2, 0.25) is 15.9 Å². The van der Waals surface area contributed by atoms with Gasteiger partial charge in [0.1, 0.15) is 11.8 Å². The number of nitrogens with zero attached hydrogens (tertiary/aromatic N) is 3. The van der Waals surface area contributed by atoms with E-state index >= 15 is 0 Å². The molecule has 1 saturated heterocycles. The molecule has 1 aliphatic rings. The topological polar surface area (TPSA) is 142 Å². The molecular formula is C20H24N4O7S. The molecule has 1 amide bonds. The highest BCUT2D eigenvalue weighted by Gasteiger charge is 2.31. The van der Waals surface area contributed by atoms with Crippen LogP contribution in [0, 0.1) is 10.1 Å². The van der Waals surface area contributed by atoms with E-state index in [9.17, 15) is 28.4 Å². The van der Waals surface area contributed by atoms with Crippen LogP contribution in [0.4, 0.5) is 11.4 Å². The number of amides is 1. The number of nitrogens with one attached hydrogen (secondary N) is 1. The van der Waals surface area contributed by atoms with Crippen molar-refractivity contribution in [3.05, 3.63) is 58.6 Å². The molecule has 2 aromatic carbocycles. The lowest BCUT2D eigenvalue weighted by atomic mass is 10.2. The molecule has 0 saturated carbocycles. The average molecular weight is 465 g/mol. The number of rotatable bonds is 8. The number of nitro groups is 1. The summed E-state index contributed by atoms with van der Waals surface area (Å²) in [7, 11) is -2.56. The predicted molar refractivity (Wildman–Crippen MR) is 116 cm³/mol. The molecule has 1 aliphatic heterocycles. The molecule has 1 fully saturated rings. The van der Waals surface area contributed by atoms with Crippen molar-refractivity contribution < 1.29 is 28.0 Å². The highest BCUT2D eigenvalue weighted by Crippen LogP contribution is 2.21. The molecular weight excluding hydrogens is 440 g/mol. The number of benzene rings is 2. The highest BCUT2D eigenvalue weighted by atomic mass is 32.2. The fourth-order valence-corrected chi connectivity index (χ4v) is 4.55. The normalized spacial score (nSPS) is 15.3. The van der Waals surface area contributed by atoms with Crippen molar-refractivity contribution >= 4 is 27.3 Å². The molecule has 3 rings (SSSR count). The fraction of sp³-hybridized carbons (Fsp3) is 0.350. The monoisotopic (exact) mass is 464 g/mol. The minimum Gasteiger partial charge on any atom is -0.497 e. The molecule has 1 unspecified atom stereocenters. The van der Waals surface area contributed by atoms with Crippen molar-refractivity contribution in [1.82, 2.24) is 9.62 Å². The minimum absolute atomic E-state index is 0.00232. The number of sulfonamides is 1. The van der Waals surface area contributed by atoms with Crippen LogP contribution in [-0.4, -0.2) is 75.2 Å². The number of nitro benzene ring substituents is 1. The van der Waals surface area contributed by atoms with Gasteiger partial charge < -0.3 is 19.6 Å². The number of piperazine rings is 1. The summed E-state index contributed by atoms with van der Waals surface area (Å²) in [5.74, 6) is -0.0300. The van der Waals surface area contributed by atoms with Crippen molar-refractivity contribution in [3.8, 4) is 5.75 Å². The summed E-state index contributed by atoms with van der Waals surface area (Å²) in [5, 5.41) is 20.5. The second kappa shape index (κ2) is 9.94. The summed E-state index contributed by atoms with van der Waals surface area (Å²) in [6.45, 7) is 0.879. The van der Waals surface area contributed by atoms with Crippen molar-refractivity contribution in [2.45, 2.75) is 10.9 Å². The third-order valence-electron chi connectivity index (χ3n) is 5.16. The van der Waals surface area contributed by atoms with Crippen LogP contribution < -0.4 is 14.4 Å². The van der Waals surface area contributed by atoms with Gasteiger partial charge >= 0.3 is 0 Å². The maximum Gasteiger partial charge on any atom is 0.269 e. The summed E-state index contributed by atoms with van der Waals surface area (Å²) >= 11 is 0. The number of aliphatic hydroxyl groups is 1. The first-order valence-electron chi connectivity index (χ1n) is 9.80. The molecule has 2 aromatic rings. The maximum atomic E-state index is 12.8. The molecule has 0 aliphatic carbocycles. The number of hydrogen-bond acceptors (Lipinski definition) is 8. The Labute approximate surface area is 185 Å². The largest absolute Gasteiger partial charge is 0.497 e. The van der Waals surface area contributed by atoms with Crippen LogP contribution in [0.2, 0.25) is 0 Å². The molecule has 0 bridgehead atoms. The number of hydrogen-bond donors (Lipinski definition) is 2. The van der Waals surface area contributed by atoms with Gasteiger partial charge in [0.05, 0.1) is 23.5 Å². The smallest absolute Gasteiger partial charge is 0.269 e. The Morgan fingerprint density at radius 1 is 1.12 bits per heavy atom. The first-order chi connectivity index (χ1) is 15.2. The van der Waals surface area contributed by atoms with E-state index in [-0.39, 0.29) is 10.6 Å². The molecule has 2 N–H and O–H groups in total. The van der Waals surface area contributed by atoms with E-state index in [2.05, 4.69) is 4.72 Å². The van der Waals surface area contributed by atoms with Crippen LogP contribution in [0.5, 0.6) is 5.75 Å². The number of anilines is 1. The predicted octanol–water partition coefficient (Wildman–Crippen LogP) is 0.591. The maximum absolute atomic E-state index is 12.8. The SMILES string of the molecule is COc1ccc(S(=O)(=O)NC(CO)C(=O)N2CCN(c3ccc([N+](=O)[O-])cc3)CC2)cc1. The van der Waals surface area contributed by atoms with Crippen LogP contribution in [0.25, 0.3) is 0 Å². The molecule has 11 nitrogen and oxygen atoms in total. The molecule has 32 heavy (non-hydrogen) atoms. The van der Waals surface area contributed by atoms with Crippen LogP contribution in [-0.2, 0) is 14.8 Å². The van der Waals surface area contributed by atoms with Crippen LogP contribution in [0.1, 0.15) is 0 Å². The minimum atomic E-state index is -4.02. The van der Waals surface area contributed by atoms with Gasteiger partial charge in [0.15, 0.2) is 0 Å². The second-order valence-electron chi connectivity index (χ2n) is 7.12. The number of methoxy groups -OCH3 is 1. The molecule has 1 heterocycles. The fourth-order valence-electron chi connectivity index (χ4n) is 3.37. The molecule has 0 spiro atoms. The van der Waals surface area contributed by atoms with E-state index in [4.69, 9.17) is 4.74 Å². The van der Waals surface area contributed by atoms with E-state index in [0.717, 1.165) is 5.69 Å². The molecule has 12 heteroatoms. The average Bonchev–Trinajstić information content (AvgIpc) is 2.82. The lowest BCUT2D eigenvalue weighted by Gasteiger charge is -2.37. The summed E-state index contributed by atoms with van der Waals surface area (Å²) in [6, 6.07) is 10.5. The first-order valence-corrected chi connectivity index (χ1v) is 11.3. The first kappa shape index (κ1) is 23.4. The van der Waals surface area contributed by atoms with Gasteiger partial charge in [-0.3, -0.25) is 14.9 Å². The third-order valence-corrected chi connectivity index (χ3v) is 6.65. The molecule has 0 aromatic heterocycles. The summed E-state index contributed by atoms with van der Waals surface area (Å²) in [4.78, 5) is 26.6. The molecule has 0 radical (unpaired) electrons. The van der Waals surface area contributed by atoms with Gasteiger partial charge in [-0.15, -0.1) is 0 Å². The number of carbonyl (C=O) groups is 1. The summed E-state index contributed by atoms with van der Waals surface area (Å²) in [6.07, 6.45) is 0. The lowest BCUT2D eigenvalue weighted by molar-refractivity contribution is -0.384. The Morgan fingerprint density at radius 2 is 1.72 bits per heavy atom. The van der Waals surface area contributed by atoms with Crippen molar-refractivity contribution in [2.75, 3.05) is 44.8 Å². The summed E-state index contributed by atoms with van der Waals surface area (Å²) < 4.78 is 32.5. The van der Waals surface area contributed by atoms with E-state index in [0.29, 0.717) is 31.9 Å². The zero-order valence-electron chi connectivity index (χ0n) is 17.4. The van der Waals surface area contributed by atoms with Gasteiger partial charge in [-0.2, -0.15) is 4.72 Å². The quantitative estimate of drug-likeness (QED) is 0.427. The zero-order valence-corrected chi connectivity index (χ0v) is 18.2. The van der Waals surface area contributed by atoms with Crippen LogP contribution in [0.15, 0.2) is 53.4 Å². The van der Waals surface area contributed by atoms with Gasteiger partial charge in [-0.1, -0.05) is 0 Å². The molecule has 1 atom stereocenters. The van der Waals surface area contributed by atoms with Gasteiger partial charge in [-0.05, 0) is 36.4 Å². The Hall–Kier alpha value is -3.22. The van der Waals surface area contributed by atoms with Crippen molar-refractivity contribution in [3.63, 3.8) is 0 Å². The Kier molecular flexibility index (Phi) is 7.28. The second-order valence-corrected chi connectivity index (χ2v) is 8.83. The van der Waals surface area contributed by atoms with Crippen LogP contribution in [0.3, 0.4) is 0 Å². The van der Waals surface area contributed by atoms with Crippen molar-refractivity contribution in [1.29, 1.82) is 0 Å². The Bertz CT molecular complexity index is 1050. The van der Waals surface area contributed by atoms with Crippen molar-refractivity contribution in [2.24, 2.45) is 0 Å².